The number of hydrogen-bond donors (Lipinski definition) is 7. The third kappa shape index (κ3) is 7.02. The van der Waals surface area contributed by atoms with Gasteiger partial charge in [0.25, 0.3) is 0 Å². The zero-order valence-corrected chi connectivity index (χ0v) is 17.9. The van der Waals surface area contributed by atoms with Crippen LogP contribution in [0.4, 0.5) is 0 Å². The molecule has 0 aromatic carbocycles. The lowest BCUT2D eigenvalue weighted by Crippen LogP contribution is -2.46. The van der Waals surface area contributed by atoms with Crippen molar-refractivity contribution in [1.82, 2.24) is 0 Å². The zero-order chi connectivity index (χ0) is 23.0. The average Bonchev–Trinajstić information content (AvgIpc) is 3.21. The van der Waals surface area contributed by atoms with Crippen molar-refractivity contribution in [2.24, 2.45) is 0 Å². The maximum Gasteiger partial charge on any atom is 0.187 e. The summed E-state index contributed by atoms with van der Waals surface area (Å²) in [5, 5.41) is 69.0. The summed E-state index contributed by atoms with van der Waals surface area (Å²) in [4.78, 5) is 0. The van der Waals surface area contributed by atoms with Crippen molar-refractivity contribution in [3.63, 3.8) is 0 Å². The largest absolute Gasteiger partial charge is 0.394 e. The van der Waals surface area contributed by atoms with Crippen LogP contribution >= 0.6 is 0 Å². The van der Waals surface area contributed by atoms with Gasteiger partial charge in [-0.25, -0.2) is 0 Å². The molecule has 2 rings (SSSR count). The maximum absolute atomic E-state index is 10.3. The van der Waals surface area contributed by atoms with Gasteiger partial charge in [0.05, 0.1) is 13.2 Å². The highest BCUT2D eigenvalue weighted by atomic mass is 16.7. The minimum absolute atomic E-state index is 0.343. The van der Waals surface area contributed by atoms with Gasteiger partial charge in [-0.1, -0.05) is 39.0 Å². The Balaban J connectivity index is 1.84. The fourth-order valence-corrected chi connectivity index (χ4v) is 3.80. The molecule has 0 aromatic rings. The molecule has 2 aliphatic heterocycles. The lowest BCUT2D eigenvalue weighted by molar-refractivity contribution is -0.243. The Morgan fingerprint density at radius 2 is 1.32 bits per heavy atom. The lowest BCUT2D eigenvalue weighted by Gasteiger charge is -2.28. The molecule has 0 aromatic heterocycles. The highest BCUT2D eigenvalue weighted by Gasteiger charge is 2.51. The van der Waals surface area contributed by atoms with Crippen LogP contribution in [0, 0.1) is 0 Å². The number of unbranched alkanes of at least 4 members (excludes halogenated alkanes) is 5. The van der Waals surface area contributed by atoms with E-state index in [4.69, 9.17) is 24.1 Å². The van der Waals surface area contributed by atoms with Crippen molar-refractivity contribution in [3.05, 3.63) is 0 Å². The number of rotatable bonds is 14. The molecule has 2 aliphatic rings. The Morgan fingerprint density at radius 1 is 0.742 bits per heavy atom. The van der Waals surface area contributed by atoms with Gasteiger partial charge < -0.3 is 54.7 Å². The normalized spacial score (nSPS) is 37.9. The van der Waals surface area contributed by atoms with E-state index >= 15 is 0 Å². The standard InChI is InChI=1S/C20H38O11/c1-2-3-4-5-6-7-8-28-19-15(26)14(25)18(31-19)12(10-22)29-20-16(27)13(24)17(30-20)11(23)9-21/h11-27H,2-10H2,1H3/t11-,12-,13-,14-,15-,16-,17+,18+,19-,20-/m1/s1. The van der Waals surface area contributed by atoms with Crippen molar-refractivity contribution in [2.45, 2.75) is 107 Å². The van der Waals surface area contributed by atoms with Gasteiger partial charge in [0.1, 0.15) is 48.8 Å². The molecule has 0 amide bonds. The van der Waals surface area contributed by atoms with E-state index in [2.05, 4.69) is 6.92 Å². The van der Waals surface area contributed by atoms with Crippen LogP contribution < -0.4 is 0 Å². The van der Waals surface area contributed by atoms with Crippen molar-refractivity contribution in [2.75, 3.05) is 19.8 Å². The summed E-state index contributed by atoms with van der Waals surface area (Å²) in [5.41, 5.74) is 0. The minimum atomic E-state index is -1.57. The van der Waals surface area contributed by atoms with Crippen LogP contribution in [0.2, 0.25) is 0 Å². The van der Waals surface area contributed by atoms with Gasteiger partial charge in [-0.2, -0.15) is 0 Å². The van der Waals surface area contributed by atoms with E-state index < -0.39 is 74.6 Å². The first-order valence-electron chi connectivity index (χ1n) is 11.1. The molecule has 10 atom stereocenters. The third-order valence-corrected chi connectivity index (χ3v) is 5.71. The van der Waals surface area contributed by atoms with Crippen molar-refractivity contribution in [3.8, 4) is 0 Å². The molecule has 0 radical (unpaired) electrons. The Morgan fingerprint density at radius 3 is 1.97 bits per heavy atom. The van der Waals surface area contributed by atoms with E-state index in [1.54, 1.807) is 0 Å². The highest BCUT2D eigenvalue weighted by molar-refractivity contribution is 4.94. The fraction of sp³-hybridized carbons (Fsp3) is 1.00. The molecule has 7 N–H and O–H groups in total. The topological polar surface area (TPSA) is 179 Å². The van der Waals surface area contributed by atoms with E-state index in [1.807, 2.05) is 0 Å². The highest BCUT2D eigenvalue weighted by Crippen LogP contribution is 2.30. The number of ether oxygens (including phenoxy) is 4. The van der Waals surface area contributed by atoms with E-state index in [-0.39, 0.29) is 0 Å². The SMILES string of the molecule is CCCCCCCCO[C@@H]1O[C@@H]([C@@H](CO)O[C@@H]2O[C@@H]([C@H](O)CO)[C@H](O)[C@H]2O)[C@H](O)[C@H]1O. The molecule has 2 heterocycles. The quantitative estimate of drug-likeness (QED) is 0.144. The summed E-state index contributed by atoms with van der Waals surface area (Å²) in [6.07, 6.45) is -7.17. The number of hydrogen-bond acceptors (Lipinski definition) is 11. The van der Waals surface area contributed by atoms with Gasteiger partial charge in [-0.3, -0.25) is 0 Å². The first kappa shape index (κ1) is 26.8. The molecule has 184 valence electrons. The summed E-state index contributed by atoms with van der Waals surface area (Å²) in [7, 11) is 0. The van der Waals surface area contributed by atoms with E-state index in [9.17, 15) is 30.6 Å². The first-order chi connectivity index (χ1) is 14.8. The van der Waals surface area contributed by atoms with Crippen LogP contribution in [0.1, 0.15) is 45.4 Å². The molecule has 0 bridgehead atoms. The van der Waals surface area contributed by atoms with Crippen LogP contribution in [0.3, 0.4) is 0 Å². The lowest BCUT2D eigenvalue weighted by atomic mass is 10.1. The summed E-state index contributed by atoms with van der Waals surface area (Å²) in [5.74, 6) is 0. The smallest absolute Gasteiger partial charge is 0.187 e. The van der Waals surface area contributed by atoms with Crippen molar-refractivity contribution < 1.29 is 54.7 Å². The van der Waals surface area contributed by atoms with E-state index in [0.717, 1.165) is 32.1 Å². The number of aliphatic hydroxyl groups is 7. The number of aliphatic hydroxyl groups excluding tert-OH is 7. The molecule has 0 spiro atoms. The maximum atomic E-state index is 10.3. The third-order valence-electron chi connectivity index (χ3n) is 5.71. The van der Waals surface area contributed by atoms with E-state index in [1.165, 1.54) is 6.42 Å². The van der Waals surface area contributed by atoms with Gasteiger partial charge in [0.2, 0.25) is 0 Å². The Kier molecular flexibility index (Phi) is 11.5. The van der Waals surface area contributed by atoms with Crippen LogP contribution in [-0.4, -0.2) is 117 Å². The van der Waals surface area contributed by atoms with E-state index in [0.29, 0.717) is 6.61 Å². The van der Waals surface area contributed by atoms with Crippen LogP contribution in [0.5, 0.6) is 0 Å². The van der Waals surface area contributed by atoms with Gasteiger partial charge in [0, 0.05) is 6.61 Å². The molecule has 2 fully saturated rings. The second kappa shape index (κ2) is 13.3. The van der Waals surface area contributed by atoms with Gasteiger partial charge >= 0.3 is 0 Å². The minimum Gasteiger partial charge on any atom is -0.394 e. The van der Waals surface area contributed by atoms with Gasteiger partial charge in [-0.15, -0.1) is 0 Å². The second-order valence-corrected chi connectivity index (χ2v) is 8.15. The first-order valence-corrected chi connectivity index (χ1v) is 11.1. The second-order valence-electron chi connectivity index (χ2n) is 8.15. The predicted octanol–water partition coefficient (Wildman–Crippen LogP) is -2.01. The molecule has 0 saturated carbocycles. The Labute approximate surface area is 182 Å². The van der Waals surface area contributed by atoms with Crippen LogP contribution in [0.25, 0.3) is 0 Å². The summed E-state index contributed by atoms with van der Waals surface area (Å²) < 4.78 is 21.8. The summed E-state index contributed by atoms with van der Waals surface area (Å²) in [6, 6.07) is 0. The Hall–Kier alpha value is -0.440. The monoisotopic (exact) mass is 454 g/mol. The van der Waals surface area contributed by atoms with Gasteiger partial charge in [-0.05, 0) is 6.42 Å². The summed E-state index contributed by atoms with van der Waals surface area (Å²) >= 11 is 0. The molecule has 2 saturated heterocycles. The molecule has 31 heavy (non-hydrogen) atoms. The van der Waals surface area contributed by atoms with Crippen LogP contribution in [-0.2, 0) is 18.9 Å². The van der Waals surface area contributed by atoms with Crippen LogP contribution in [0.15, 0.2) is 0 Å². The van der Waals surface area contributed by atoms with Crippen molar-refractivity contribution >= 4 is 0 Å². The molecule has 11 heteroatoms. The zero-order valence-electron chi connectivity index (χ0n) is 17.9. The van der Waals surface area contributed by atoms with Gasteiger partial charge in [0.15, 0.2) is 12.6 Å². The fourth-order valence-electron chi connectivity index (χ4n) is 3.80. The molecular weight excluding hydrogens is 416 g/mol. The molecular formula is C20H38O11. The van der Waals surface area contributed by atoms with Crippen molar-refractivity contribution in [1.29, 1.82) is 0 Å². The Bertz CT molecular complexity index is 496. The molecule has 0 aliphatic carbocycles. The molecule has 11 nitrogen and oxygen atoms in total. The predicted molar refractivity (Wildman–Crippen MR) is 106 cm³/mol. The average molecular weight is 455 g/mol. The molecule has 0 unspecified atom stereocenters. The summed E-state index contributed by atoms with van der Waals surface area (Å²) in [6.45, 7) is 1.15.